The maximum Gasteiger partial charge on any atom is 0.405 e. The van der Waals surface area contributed by atoms with Gasteiger partial charge in [0.15, 0.2) is 6.61 Å². The van der Waals surface area contributed by atoms with Crippen molar-refractivity contribution >= 4 is 22.8 Å². The number of nitrogens with one attached hydrogen (secondary N) is 1. The number of para-hydroxylation sites is 1. The Labute approximate surface area is 140 Å². The van der Waals surface area contributed by atoms with Crippen LogP contribution < -0.4 is 5.32 Å². The first kappa shape index (κ1) is 18.8. The summed E-state index contributed by atoms with van der Waals surface area (Å²) in [6.45, 7) is -0.0546. The molecule has 136 valence electrons. The van der Waals surface area contributed by atoms with Crippen molar-refractivity contribution in [2.75, 3.05) is 19.8 Å². The van der Waals surface area contributed by atoms with E-state index in [1.807, 2.05) is 0 Å². The van der Waals surface area contributed by atoms with Gasteiger partial charge < -0.3 is 19.2 Å². The zero-order valence-electron chi connectivity index (χ0n) is 13.3. The quantitative estimate of drug-likeness (QED) is 0.769. The van der Waals surface area contributed by atoms with Crippen LogP contribution in [0, 0.1) is 0 Å². The van der Waals surface area contributed by atoms with Crippen molar-refractivity contribution < 1.29 is 36.7 Å². The highest BCUT2D eigenvalue weighted by Crippen LogP contribution is 2.27. The van der Waals surface area contributed by atoms with Gasteiger partial charge in [-0.1, -0.05) is 18.2 Å². The molecule has 0 bridgehead atoms. The number of amides is 1. The molecule has 0 fully saturated rings. The van der Waals surface area contributed by atoms with Crippen molar-refractivity contribution in [3.05, 3.63) is 35.6 Å². The molecule has 0 aliphatic rings. The van der Waals surface area contributed by atoms with Crippen LogP contribution in [0.4, 0.5) is 13.2 Å². The maximum atomic E-state index is 12.1. The van der Waals surface area contributed by atoms with Crippen molar-refractivity contribution in [2.45, 2.75) is 19.7 Å². The fourth-order valence-electron chi connectivity index (χ4n) is 2.06. The average Bonchev–Trinajstić information content (AvgIpc) is 2.94. The second-order valence-corrected chi connectivity index (χ2v) is 5.01. The predicted octanol–water partition coefficient (Wildman–Crippen LogP) is 2.80. The Morgan fingerprint density at radius 1 is 1.24 bits per heavy atom. The van der Waals surface area contributed by atoms with Crippen LogP contribution in [0.3, 0.4) is 0 Å². The number of furan rings is 1. The van der Waals surface area contributed by atoms with E-state index in [9.17, 15) is 22.8 Å². The zero-order valence-corrected chi connectivity index (χ0v) is 13.3. The van der Waals surface area contributed by atoms with E-state index < -0.39 is 31.2 Å². The van der Waals surface area contributed by atoms with Crippen LogP contribution >= 0.6 is 0 Å². The number of fused-ring (bicyclic) bond motifs is 1. The molecule has 0 atom stereocenters. The van der Waals surface area contributed by atoms with Crippen LogP contribution in [-0.4, -0.2) is 37.8 Å². The standard InChI is InChI=1S/C16H16F3NO5/c1-2-23-7-11-10-5-3-4-6-12(10)25-14(11)15(22)24-8-13(21)20-9-16(17,18)19/h3-6H,2,7-9H2,1H3,(H,20,21). The SMILES string of the molecule is CCOCc1c(C(=O)OCC(=O)NCC(F)(F)F)oc2ccccc12. The maximum absolute atomic E-state index is 12.1. The van der Waals surface area contributed by atoms with Crippen LogP contribution in [-0.2, 0) is 20.9 Å². The number of hydrogen-bond acceptors (Lipinski definition) is 5. The van der Waals surface area contributed by atoms with Crippen LogP contribution in [0.5, 0.6) is 0 Å². The van der Waals surface area contributed by atoms with Gasteiger partial charge in [-0.3, -0.25) is 4.79 Å². The largest absolute Gasteiger partial charge is 0.450 e. The van der Waals surface area contributed by atoms with E-state index in [1.165, 1.54) is 0 Å². The van der Waals surface area contributed by atoms with E-state index in [-0.39, 0.29) is 12.4 Å². The molecule has 0 saturated carbocycles. The first-order valence-corrected chi connectivity index (χ1v) is 7.40. The Hall–Kier alpha value is -2.55. The van der Waals surface area contributed by atoms with Gasteiger partial charge in [-0.2, -0.15) is 13.2 Å². The summed E-state index contributed by atoms with van der Waals surface area (Å²) >= 11 is 0. The van der Waals surface area contributed by atoms with Gasteiger partial charge in [-0.15, -0.1) is 0 Å². The van der Waals surface area contributed by atoms with Gasteiger partial charge in [0.05, 0.1) is 6.61 Å². The lowest BCUT2D eigenvalue weighted by molar-refractivity contribution is -0.140. The van der Waals surface area contributed by atoms with Crippen molar-refractivity contribution in [2.24, 2.45) is 0 Å². The molecule has 1 aromatic heterocycles. The molecule has 0 saturated heterocycles. The molecule has 2 aromatic rings. The highest BCUT2D eigenvalue weighted by molar-refractivity contribution is 5.96. The average molecular weight is 359 g/mol. The summed E-state index contributed by atoms with van der Waals surface area (Å²) in [6.07, 6.45) is -4.54. The van der Waals surface area contributed by atoms with Crippen molar-refractivity contribution in [3.8, 4) is 0 Å². The number of esters is 1. The molecule has 2 rings (SSSR count). The van der Waals surface area contributed by atoms with Crippen LogP contribution in [0.2, 0.25) is 0 Å². The molecule has 1 N–H and O–H groups in total. The summed E-state index contributed by atoms with van der Waals surface area (Å²) in [5.41, 5.74) is 0.892. The van der Waals surface area contributed by atoms with E-state index in [0.717, 1.165) is 0 Å². The van der Waals surface area contributed by atoms with Gasteiger partial charge in [0, 0.05) is 17.6 Å². The van der Waals surface area contributed by atoms with Gasteiger partial charge in [-0.05, 0) is 13.0 Å². The Morgan fingerprint density at radius 2 is 1.96 bits per heavy atom. The molecule has 0 radical (unpaired) electrons. The number of halogens is 3. The molecule has 0 unspecified atom stereocenters. The molecule has 0 aliphatic carbocycles. The number of carbonyl (C=O) groups excluding carboxylic acids is 2. The van der Waals surface area contributed by atoms with Gasteiger partial charge >= 0.3 is 12.1 Å². The summed E-state index contributed by atoms with van der Waals surface area (Å²) < 4.78 is 51.5. The lowest BCUT2D eigenvalue weighted by Crippen LogP contribution is -2.36. The Kier molecular flexibility index (Phi) is 6.02. The molecular formula is C16H16F3NO5. The highest BCUT2D eigenvalue weighted by atomic mass is 19.4. The third-order valence-electron chi connectivity index (χ3n) is 3.15. The molecule has 9 heteroatoms. The lowest BCUT2D eigenvalue weighted by Gasteiger charge is -2.08. The number of rotatable bonds is 7. The summed E-state index contributed by atoms with van der Waals surface area (Å²) in [5, 5.41) is 2.27. The van der Waals surface area contributed by atoms with Gasteiger partial charge in [0.1, 0.15) is 12.1 Å². The van der Waals surface area contributed by atoms with Crippen LogP contribution in [0.15, 0.2) is 28.7 Å². The summed E-state index contributed by atoms with van der Waals surface area (Å²) in [7, 11) is 0. The van der Waals surface area contributed by atoms with Crippen molar-refractivity contribution in [3.63, 3.8) is 0 Å². The van der Waals surface area contributed by atoms with Crippen LogP contribution in [0.25, 0.3) is 11.0 Å². The number of alkyl halides is 3. The van der Waals surface area contributed by atoms with Crippen molar-refractivity contribution in [1.82, 2.24) is 5.32 Å². The van der Waals surface area contributed by atoms with Gasteiger partial charge in [-0.25, -0.2) is 4.79 Å². The monoisotopic (exact) mass is 359 g/mol. The smallest absolute Gasteiger partial charge is 0.405 e. The van der Waals surface area contributed by atoms with E-state index in [0.29, 0.717) is 23.1 Å². The summed E-state index contributed by atoms with van der Waals surface area (Å²) in [4.78, 5) is 23.4. The molecule has 1 amide bonds. The highest BCUT2D eigenvalue weighted by Gasteiger charge is 2.28. The fourth-order valence-corrected chi connectivity index (χ4v) is 2.06. The Morgan fingerprint density at radius 3 is 2.64 bits per heavy atom. The molecule has 0 spiro atoms. The number of carbonyl (C=O) groups is 2. The first-order valence-electron chi connectivity index (χ1n) is 7.40. The summed E-state index contributed by atoms with van der Waals surface area (Å²) in [5.74, 6) is -2.15. The Bertz CT molecular complexity index is 754. The zero-order chi connectivity index (χ0) is 18.4. The minimum Gasteiger partial charge on any atom is -0.450 e. The van der Waals surface area contributed by atoms with E-state index in [4.69, 9.17) is 13.9 Å². The second-order valence-electron chi connectivity index (χ2n) is 5.01. The molecule has 1 heterocycles. The van der Waals surface area contributed by atoms with E-state index in [1.54, 1.807) is 36.5 Å². The molecule has 25 heavy (non-hydrogen) atoms. The number of benzene rings is 1. The lowest BCUT2D eigenvalue weighted by atomic mass is 10.1. The number of hydrogen-bond donors (Lipinski definition) is 1. The molecular weight excluding hydrogens is 343 g/mol. The van der Waals surface area contributed by atoms with Gasteiger partial charge in [0.25, 0.3) is 5.91 Å². The topological polar surface area (TPSA) is 77.8 Å². The third-order valence-corrected chi connectivity index (χ3v) is 3.15. The predicted molar refractivity (Wildman–Crippen MR) is 80.9 cm³/mol. The van der Waals surface area contributed by atoms with Gasteiger partial charge in [0.2, 0.25) is 5.76 Å². The van der Waals surface area contributed by atoms with E-state index in [2.05, 4.69) is 0 Å². The normalized spacial score (nSPS) is 11.5. The van der Waals surface area contributed by atoms with E-state index >= 15 is 0 Å². The minimum atomic E-state index is -4.54. The number of ether oxygens (including phenoxy) is 2. The third kappa shape index (κ3) is 5.21. The Balaban J connectivity index is 2.07. The molecule has 6 nitrogen and oxygen atoms in total. The summed E-state index contributed by atoms with van der Waals surface area (Å²) in [6, 6.07) is 6.86. The van der Waals surface area contributed by atoms with Crippen LogP contribution in [0.1, 0.15) is 23.0 Å². The molecule has 0 aliphatic heterocycles. The first-order chi connectivity index (χ1) is 11.8. The van der Waals surface area contributed by atoms with Crippen molar-refractivity contribution in [1.29, 1.82) is 0 Å². The fraction of sp³-hybridized carbons (Fsp3) is 0.375. The second kappa shape index (κ2) is 8.02. The molecule has 1 aromatic carbocycles. The minimum absolute atomic E-state index is 0.0955.